The standard InChI is InChI=1S/C23H25N5O/c1-18-3-2-4-22(13-18)27-9-11-28(12-10-27)23(29)20-14-21(17-25-16-20)26-15-19-5-7-24-8-6-19/h2-8,13-14,16-17,26H,9-12,15H2,1H3. The van der Waals surface area contributed by atoms with Gasteiger partial charge in [-0.25, -0.2) is 0 Å². The number of nitrogens with one attached hydrogen (secondary N) is 1. The van der Waals surface area contributed by atoms with Crippen molar-refractivity contribution in [1.82, 2.24) is 14.9 Å². The molecule has 2 aromatic heterocycles. The van der Waals surface area contributed by atoms with Gasteiger partial charge in [-0.3, -0.25) is 14.8 Å². The van der Waals surface area contributed by atoms with E-state index in [9.17, 15) is 4.79 Å². The second-order valence-electron chi connectivity index (χ2n) is 7.29. The Labute approximate surface area is 171 Å². The van der Waals surface area contributed by atoms with Crippen LogP contribution in [0.1, 0.15) is 21.5 Å². The molecule has 0 saturated carbocycles. The molecule has 3 heterocycles. The number of benzene rings is 1. The largest absolute Gasteiger partial charge is 0.380 e. The lowest BCUT2D eigenvalue weighted by atomic mass is 10.1. The zero-order chi connectivity index (χ0) is 20.1. The number of nitrogens with zero attached hydrogens (tertiary/aromatic N) is 4. The summed E-state index contributed by atoms with van der Waals surface area (Å²) in [6.07, 6.45) is 6.93. The molecule has 1 saturated heterocycles. The van der Waals surface area contributed by atoms with Gasteiger partial charge in [0.1, 0.15) is 0 Å². The Morgan fingerprint density at radius 3 is 2.55 bits per heavy atom. The molecule has 29 heavy (non-hydrogen) atoms. The van der Waals surface area contributed by atoms with E-state index in [0.717, 1.165) is 24.3 Å². The van der Waals surface area contributed by atoms with E-state index in [0.29, 0.717) is 25.2 Å². The van der Waals surface area contributed by atoms with Crippen LogP contribution in [0.15, 0.2) is 67.3 Å². The summed E-state index contributed by atoms with van der Waals surface area (Å²) in [6, 6.07) is 14.3. The van der Waals surface area contributed by atoms with Gasteiger partial charge >= 0.3 is 0 Å². The van der Waals surface area contributed by atoms with Crippen molar-refractivity contribution in [2.24, 2.45) is 0 Å². The van der Waals surface area contributed by atoms with Gasteiger partial charge in [0.25, 0.3) is 5.91 Å². The first kappa shape index (κ1) is 18.9. The maximum Gasteiger partial charge on any atom is 0.255 e. The van der Waals surface area contributed by atoms with E-state index in [1.807, 2.05) is 23.1 Å². The second-order valence-corrected chi connectivity index (χ2v) is 7.29. The van der Waals surface area contributed by atoms with Crippen molar-refractivity contribution in [2.75, 3.05) is 36.4 Å². The molecule has 0 atom stereocenters. The topological polar surface area (TPSA) is 61.4 Å². The lowest BCUT2D eigenvalue weighted by Gasteiger charge is -2.36. The van der Waals surface area contributed by atoms with Crippen molar-refractivity contribution in [1.29, 1.82) is 0 Å². The van der Waals surface area contributed by atoms with Crippen LogP contribution in [0.5, 0.6) is 0 Å². The second kappa shape index (κ2) is 8.73. The molecule has 1 aromatic carbocycles. The SMILES string of the molecule is Cc1cccc(N2CCN(C(=O)c3cncc(NCc4ccncc4)c3)CC2)c1. The number of carbonyl (C=O) groups excluding carboxylic acids is 1. The fourth-order valence-electron chi connectivity index (χ4n) is 3.53. The number of aryl methyl sites for hydroxylation is 1. The molecular weight excluding hydrogens is 362 g/mol. The van der Waals surface area contributed by atoms with Gasteiger partial charge in [-0.15, -0.1) is 0 Å². The summed E-state index contributed by atoms with van der Waals surface area (Å²) in [4.78, 5) is 25.5. The summed E-state index contributed by atoms with van der Waals surface area (Å²) in [5.41, 5.74) is 5.06. The predicted molar refractivity (Wildman–Crippen MR) is 115 cm³/mol. The number of rotatable bonds is 5. The van der Waals surface area contributed by atoms with Crippen LogP contribution in [-0.2, 0) is 6.54 Å². The first-order valence-corrected chi connectivity index (χ1v) is 9.88. The molecule has 0 aliphatic carbocycles. The van der Waals surface area contributed by atoms with E-state index in [-0.39, 0.29) is 5.91 Å². The van der Waals surface area contributed by atoms with Crippen molar-refractivity contribution in [2.45, 2.75) is 13.5 Å². The molecule has 1 amide bonds. The fraction of sp³-hybridized carbons (Fsp3) is 0.261. The first-order chi connectivity index (χ1) is 14.2. The van der Waals surface area contributed by atoms with Gasteiger partial charge in [0.2, 0.25) is 0 Å². The zero-order valence-electron chi connectivity index (χ0n) is 16.6. The third-order valence-corrected chi connectivity index (χ3v) is 5.16. The van der Waals surface area contributed by atoms with Crippen molar-refractivity contribution in [3.05, 3.63) is 83.9 Å². The molecule has 0 bridgehead atoms. The molecule has 0 unspecified atom stereocenters. The molecule has 6 nitrogen and oxygen atoms in total. The third-order valence-electron chi connectivity index (χ3n) is 5.16. The van der Waals surface area contributed by atoms with Gasteiger partial charge in [-0.1, -0.05) is 12.1 Å². The number of piperazine rings is 1. The summed E-state index contributed by atoms with van der Waals surface area (Å²) < 4.78 is 0. The highest BCUT2D eigenvalue weighted by Crippen LogP contribution is 2.19. The van der Waals surface area contributed by atoms with Gasteiger partial charge in [0.05, 0.1) is 11.3 Å². The maximum atomic E-state index is 13.0. The Bertz CT molecular complexity index is 968. The highest BCUT2D eigenvalue weighted by Gasteiger charge is 2.22. The molecule has 1 aliphatic rings. The smallest absolute Gasteiger partial charge is 0.255 e. The molecule has 0 spiro atoms. The molecule has 1 N–H and O–H groups in total. The summed E-state index contributed by atoms with van der Waals surface area (Å²) in [7, 11) is 0. The molecule has 3 aromatic rings. The lowest BCUT2D eigenvalue weighted by Crippen LogP contribution is -2.48. The van der Waals surface area contributed by atoms with Crippen molar-refractivity contribution in [3.8, 4) is 0 Å². The average Bonchev–Trinajstić information content (AvgIpc) is 2.78. The van der Waals surface area contributed by atoms with Gasteiger partial charge in [0.15, 0.2) is 0 Å². The van der Waals surface area contributed by atoms with Gasteiger partial charge in [-0.2, -0.15) is 0 Å². The average molecular weight is 387 g/mol. The molecular formula is C23H25N5O. The number of amides is 1. The van der Waals surface area contributed by atoms with Gasteiger partial charge < -0.3 is 15.1 Å². The summed E-state index contributed by atoms with van der Waals surface area (Å²) in [5, 5.41) is 3.32. The Morgan fingerprint density at radius 1 is 1.00 bits per heavy atom. The highest BCUT2D eigenvalue weighted by atomic mass is 16.2. The van der Waals surface area contributed by atoms with E-state index >= 15 is 0 Å². The van der Waals surface area contributed by atoms with Crippen LogP contribution in [0.25, 0.3) is 0 Å². The molecule has 1 fully saturated rings. The number of hydrogen-bond acceptors (Lipinski definition) is 5. The lowest BCUT2D eigenvalue weighted by molar-refractivity contribution is 0.0746. The number of aromatic nitrogens is 2. The number of carbonyl (C=O) groups is 1. The van der Waals surface area contributed by atoms with Crippen LogP contribution in [0.3, 0.4) is 0 Å². The Hall–Kier alpha value is -3.41. The van der Waals surface area contributed by atoms with E-state index in [1.165, 1.54) is 11.3 Å². The molecule has 1 aliphatic heterocycles. The fourth-order valence-corrected chi connectivity index (χ4v) is 3.53. The van der Waals surface area contributed by atoms with E-state index in [2.05, 4.69) is 51.4 Å². The van der Waals surface area contributed by atoms with Gasteiger partial charge in [-0.05, 0) is 48.4 Å². The summed E-state index contributed by atoms with van der Waals surface area (Å²) in [5.74, 6) is 0.0361. The number of hydrogen-bond donors (Lipinski definition) is 1. The first-order valence-electron chi connectivity index (χ1n) is 9.88. The van der Waals surface area contributed by atoms with Crippen molar-refractivity contribution >= 4 is 17.3 Å². The maximum absolute atomic E-state index is 13.0. The molecule has 0 radical (unpaired) electrons. The van der Waals surface area contributed by atoms with Crippen molar-refractivity contribution in [3.63, 3.8) is 0 Å². The summed E-state index contributed by atoms with van der Waals surface area (Å²) >= 11 is 0. The molecule has 4 rings (SSSR count). The predicted octanol–water partition coefficient (Wildman–Crippen LogP) is 3.36. The Kier molecular flexibility index (Phi) is 5.70. The highest BCUT2D eigenvalue weighted by molar-refractivity contribution is 5.95. The van der Waals surface area contributed by atoms with Gasteiger partial charge in [0, 0.05) is 63.2 Å². The van der Waals surface area contributed by atoms with E-state index < -0.39 is 0 Å². The van der Waals surface area contributed by atoms with Crippen LogP contribution >= 0.6 is 0 Å². The van der Waals surface area contributed by atoms with Crippen LogP contribution in [-0.4, -0.2) is 47.0 Å². The molecule has 6 heteroatoms. The van der Waals surface area contributed by atoms with E-state index in [1.54, 1.807) is 24.8 Å². The normalized spacial score (nSPS) is 14.0. The third kappa shape index (κ3) is 4.71. The van der Waals surface area contributed by atoms with E-state index in [4.69, 9.17) is 0 Å². The Balaban J connectivity index is 1.36. The summed E-state index contributed by atoms with van der Waals surface area (Å²) in [6.45, 7) is 5.86. The van der Waals surface area contributed by atoms with Crippen LogP contribution in [0, 0.1) is 6.92 Å². The van der Waals surface area contributed by atoms with Crippen LogP contribution < -0.4 is 10.2 Å². The van der Waals surface area contributed by atoms with Crippen molar-refractivity contribution < 1.29 is 4.79 Å². The quantitative estimate of drug-likeness (QED) is 0.727. The minimum atomic E-state index is 0.0361. The minimum Gasteiger partial charge on any atom is -0.380 e. The van der Waals surface area contributed by atoms with Crippen LogP contribution in [0.2, 0.25) is 0 Å². The Morgan fingerprint density at radius 2 is 1.79 bits per heavy atom. The number of pyridine rings is 2. The molecule has 148 valence electrons. The number of anilines is 2. The zero-order valence-corrected chi connectivity index (χ0v) is 16.6. The minimum absolute atomic E-state index is 0.0361. The van der Waals surface area contributed by atoms with Crippen LogP contribution in [0.4, 0.5) is 11.4 Å². The monoisotopic (exact) mass is 387 g/mol.